The third-order valence-corrected chi connectivity index (χ3v) is 4.21. The summed E-state index contributed by atoms with van der Waals surface area (Å²) in [6.07, 6.45) is 4.25. The molecule has 116 valence electrons. The number of carbonyl (C=O) groups excluding carboxylic acids is 1. The van der Waals surface area contributed by atoms with Gasteiger partial charge in [0, 0.05) is 26.0 Å². The van der Waals surface area contributed by atoms with Gasteiger partial charge in [-0.05, 0) is 19.4 Å². The van der Waals surface area contributed by atoms with Gasteiger partial charge in [-0.15, -0.1) is 0 Å². The summed E-state index contributed by atoms with van der Waals surface area (Å²) in [5.74, 6) is 0.840. The maximum absolute atomic E-state index is 12.8. The van der Waals surface area contributed by atoms with Crippen LogP contribution in [0.2, 0.25) is 0 Å². The molecule has 2 aliphatic heterocycles. The molecule has 0 N–H and O–H groups in total. The molecule has 1 aromatic rings. The van der Waals surface area contributed by atoms with Crippen LogP contribution in [-0.4, -0.2) is 48.8 Å². The monoisotopic (exact) mass is 293 g/mol. The van der Waals surface area contributed by atoms with Gasteiger partial charge in [0.1, 0.15) is 11.4 Å². The maximum atomic E-state index is 12.8. The normalized spacial score (nSPS) is 29.2. The molecule has 3 rings (SSSR count). The highest BCUT2D eigenvalue weighted by atomic mass is 16.6. The number of furan rings is 1. The number of amides is 1. The van der Waals surface area contributed by atoms with Crippen molar-refractivity contribution in [1.29, 1.82) is 0 Å². The van der Waals surface area contributed by atoms with E-state index in [1.165, 1.54) is 0 Å². The van der Waals surface area contributed by atoms with Crippen molar-refractivity contribution in [3.8, 4) is 0 Å². The SMILES string of the molecule is CCCc1occc1C(=O)N1C[C@H](C)O[C@@]2(CCOC2)C1. The van der Waals surface area contributed by atoms with Crippen molar-refractivity contribution in [2.45, 2.75) is 44.8 Å². The van der Waals surface area contributed by atoms with Crippen LogP contribution in [0.3, 0.4) is 0 Å². The molecule has 0 aromatic carbocycles. The average molecular weight is 293 g/mol. The molecular weight excluding hydrogens is 270 g/mol. The van der Waals surface area contributed by atoms with Crippen molar-refractivity contribution in [2.24, 2.45) is 0 Å². The van der Waals surface area contributed by atoms with Crippen LogP contribution in [0.4, 0.5) is 0 Å². The van der Waals surface area contributed by atoms with Gasteiger partial charge >= 0.3 is 0 Å². The number of rotatable bonds is 3. The first-order valence-corrected chi connectivity index (χ1v) is 7.75. The average Bonchev–Trinajstić information content (AvgIpc) is 3.07. The zero-order valence-electron chi connectivity index (χ0n) is 12.8. The quantitative estimate of drug-likeness (QED) is 0.857. The van der Waals surface area contributed by atoms with Crippen molar-refractivity contribution in [3.63, 3.8) is 0 Å². The van der Waals surface area contributed by atoms with Crippen LogP contribution in [0.5, 0.6) is 0 Å². The molecule has 2 saturated heterocycles. The molecule has 1 amide bonds. The molecule has 1 spiro atoms. The van der Waals surface area contributed by atoms with Crippen LogP contribution in [0.25, 0.3) is 0 Å². The van der Waals surface area contributed by atoms with Gasteiger partial charge in [0.25, 0.3) is 5.91 Å². The number of nitrogens with zero attached hydrogens (tertiary/aromatic N) is 1. The molecule has 0 bridgehead atoms. The summed E-state index contributed by atoms with van der Waals surface area (Å²) < 4.78 is 17.0. The molecule has 0 saturated carbocycles. The van der Waals surface area contributed by atoms with Gasteiger partial charge in [0.05, 0.1) is 31.1 Å². The van der Waals surface area contributed by atoms with Gasteiger partial charge in [-0.1, -0.05) is 6.92 Å². The summed E-state index contributed by atoms with van der Waals surface area (Å²) in [5, 5.41) is 0. The van der Waals surface area contributed by atoms with Crippen LogP contribution in [-0.2, 0) is 15.9 Å². The van der Waals surface area contributed by atoms with Crippen molar-refractivity contribution in [1.82, 2.24) is 4.90 Å². The molecule has 1 aromatic heterocycles. The van der Waals surface area contributed by atoms with E-state index >= 15 is 0 Å². The molecular formula is C16H23NO4. The van der Waals surface area contributed by atoms with Crippen molar-refractivity contribution >= 4 is 5.91 Å². The number of hydrogen-bond donors (Lipinski definition) is 0. The fraction of sp³-hybridized carbons (Fsp3) is 0.688. The summed E-state index contributed by atoms with van der Waals surface area (Å²) in [4.78, 5) is 14.7. The van der Waals surface area contributed by atoms with Gasteiger partial charge in [0.2, 0.25) is 0 Å². The standard InChI is InChI=1S/C16H23NO4/c1-3-4-14-13(5-7-20-14)15(18)17-9-12(2)21-16(10-17)6-8-19-11-16/h5,7,12H,3-4,6,8-11H2,1-2H3/t12-,16-/m0/s1. The highest BCUT2D eigenvalue weighted by Gasteiger charge is 2.44. The van der Waals surface area contributed by atoms with Crippen molar-refractivity contribution < 1.29 is 18.7 Å². The summed E-state index contributed by atoms with van der Waals surface area (Å²) in [6, 6.07) is 1.78. The van der Waals surface area contributed by atoms with Gasteiger partial charge in [0.15, 0.2) is 0 Å². The second-order valence-electron chi connectivity index (χ2n) is 6.11. The summed E-state index contributed by atoms with van der Waals surface area (Å²) in [6.45, 7) is 6.61. The Labute approximate surface area is 125 Å². The van der Waals surface area contributed by atoms with E-state index < -0.39 is 0 Å². The smallest absolute Gasteiger partial charge is 0.257 e. The fourth-order valence-electron chi connectivity index (χ4n) is 3.31. The van der Waals surface area contributed by atoms with E-state index in [1.807, 2.05) is 11.8 Å². The first-order valence-electron chi connectivity index (χ1n) is 7.75. The minimum Gasteiger partial charge on any atom is -0.469 e. The number of carbonyl (C=O) groups is 1. The summed E-state index contributed by atoms with van der Waals surface area (Å²) >= 11 is 0. The van der Waals surface area contributed by atoms with E-state index in [0.29, 0.717) is 31.9 Å². The van der Waals surface area contributed by atoms with Gasteiger partial charge in [-0.25, -0.2) is 0 Å². The molecule has 0 unspecified atom stereocenters. The third kappa shape index (κ3) is 2.85. The minimum atomic E-state index is -0.317. The Morgan fingerprint density at radius 2 is 2.38 bits per heavy atom. The van der Waals surface area contributed by atoms with Crippen LogP contribution in [0.1, 0.15) is 42.8 Å². The maximum Gasteiger partial charge on any atom is 0.257 e. The van der Waals surface area contributed by atoms with Crippen molar-refractivity contribution in [3.05, 3.63) is 23.7 Å². The lowest BCUT2D eigenvalue weighted by molar-refractivity contribution is -0.138. The Morgan fingerprint density at radius 3 is 3.10 bits per heavy atom. The van der Waals surface area contributed by atoms with E-state index in [-0.39, 0.29) is 17.6 Å². The molecule has 0 aliphatic carbocycles. The van der Waals surface area contributed by atoms with Crippen LogP contribution in [0, 0.1) is 0 Å². The molecule has 2 fully saturated rings. The lowest BCUT2D eigenvalue weighted by Gasteiger charge is -2.42. The largest absolute Gasteiger partial charge is 0.469 e. The highest BCUT2D eigenvalue weighted by Crippen LogP contribution is 2.31. The highest BCUT2D eigenvalue weighted by molar-refractivity contribution is 5.95. The van der Waals surface area contributed by atoms with Crippen LogP contribution >= 0.6 is 0 Å². The lowest BCUT2D eigenvalue weighted by atomic mass is 9.98. The first-order chi connectivity index (χ1) is 10.1. The Balaban J connectivity index is 1.78. The van der Waals surface area contributed by atoms with Crippen LogP contribution < -0.4 is 0 Å². The number of morpholine rings is 1. The Hall–Kier alpha value is -1.33. The van der Waals surface area contributed by atoms with E-state index in [1.54, 1.807) is 12.3 Å². The van der Waals surface area contributed by atoms with Crippen molar-refractivity contribution in [2.75, 3.05) is 26.3 Å². The third-order valence-electron chi connectivity index (χ3n) is 4.21. The summed E-state index contributed by atoms with van der Waals surface area (Å²) in [5.41, 5.74) is 0.377. The molecule has 2 aliphatic rings. The Morgan fingerprint density at radius 1 is 1.52 bits per heavy atom. The summed E-state index contributed by atoms with van der Waals surface area (Å²) in [7, 11) is 0. The molecule has 2 atom stereocenters. The second-order valence-corrected chi connectivity index (χ2v) is 6.11. The lowest BCUT2D eigenvalue weighted by Crippen LogP contribution is -2.57. The second kappa shape index (κ2) is 5.81. The molecule has 5 heteroatoms. The minimum absolute atomic E-state index is 0.0333. The predicted molar refractivity (Wildman–Crippen MR) is 77.3 cm³/mol. The zero-order valence-corrected chi connectivity index (χ0v) is 12.8. The van der Waals surface area contributed by atoms with Crippen LogP contribution in [0.15, 0.2) is 16.7 Å². The van der Waals surface area contributed by atoms with E-state index in [9.17, 15) is 4.79 Å². The first kappa shape index (κ1) is 14.6. The molecule has 5 nitrogen and oxygen atoms in total. The van der Waals surface area contributed by atoms with E-state index in [2.05, 4.69) is 6.92 Å². The number of hydrogen-bond acceptors (Lipinski definition) is 4. The molecule has 3 heterocycles. The number of aryl methyl sites for hydroxylation is 1. The van der Waals surface area contributed by atoms with Gasteiger partial charge in [-0.2, -0.15) is 0 Å². The molecule has 21 heavy (non-hydrogen) atoms. The van der Waals surface area contributed by atoms with E-state index in [0.717, 1.165) is 25.0 Å². The van der Waals surface area contributed by atoms with Gasteiger partial charge in [-0.3, -0.25) is 4.79 Å². The Bertz CT molecular complexity index is 504. The predicted octanol–water partition coefficient (Wildman–Crippen LogP) is 2.25. The fourth-order valence-corrected chi connectivity index (χ4v) is 3.31. The topological polar surface area (TPSA) is 51.9 Å². The number of ether oxygens (including phenoxy) is 2. The zero-order chi connectivity index (χ0) is 14.9. The van der Waals surface area contributed by atoms with Gasteiger partial charge < -0.3 is 18.8 Å². The van der Waals surface area contributed by atoms with E-state index in [4.69, 9.17) is 13.9 Å². The molecule has 0 radical (unpaired) electrons. The Kier molecular flexibility index (Phi) is 4.04.